The van der Waals surface area contributed by atoms with Crippen LogP contribution in [-0.2, 0) is 16.1 Å². The van der Waals surface area contributed by atoms with E-state index in [-0.39, 0.29) is 24.8 Å². The van der Waals surface area contributed by atoms with E-state index in [1.165, 1.54) is 0 Å². The van der Waals surface area contributed by atoms with Gasteiger partial charge in [-0.05, 0) is 23.6 Å². The Morgan fingerprint density at radius 2 is 1.85 bits per heavy atom. The van der Waals surface area contributed by atoms with E-state index >= 15 is 0 Å². The van der Waals surface area contributed by atoms with E-state index in [4.69, 9.17) is 16.7 Å². The molecule has 1 rings (SSSR count). The van der Waals surface area contributed by atoms with E-state index in [1.54, 1.807) is 17.0 Å². The number of carbonyl (C=O) groups is 2. The zero-order chi connectivity index (χ0) is 15.1. The summed E-state index contributed by atoms with van der Waals surface area (Å²) in [6.45, 7) is 4.57. The Balaban J connectivity index is 2.72. The molecule has 0 heterocycles. The van der Waals surface area contributed by atoms with Gasteiger partial charge in [-0.2, -0.15) is 0 Å². The molecule has 0 fully saturated rings. The Bertz CT molecular complexity index is 457. The zero-order valence-electron chi connectivity index (χ0n) is 11.8. The Kier molecular flexibility index (Phi) is 6.52. The first-order valence-electron chi connectivity index (χ1n) is 6.62. The van der Waals surface area contributed by atoms with Gasteiger partial charge in [-0.15, -0.1) is 0 Å². The van der Waals surface area contributed by atoms with Crippen LogP contribution in [-0.4, -0.2) is 28.4 Å². The predicted molar refractivity (Wildman–Crippen MR) is 78.6 cm³/mol. The van der Waals surface area contributed by atoms with E-state index in [0.717, 1.165) is 5.56 Å². The molecule has 4 nitrogen and oxygen atoms in total. The lowest BCUT2D eigenvalue weighted by molar-refractivity contribution is -0.138. The Morgan fingerprint density at radius 3 is 2.35 bits per heavy atom. The summed E-state index contributed by atoms with van der Waals surface area (Å²) in [6, 6.07) is 7.22. The highest BCUT2D eigenvalue weighted by Gasteiger charge is 2.16. The molecule has 0 saturated heterocycles. The first-order chi connectivity index (χ1) is 9.38. The Labute approximate surface area is 124 Å². The molecule has 0 spiro atoms. The average Bonchev–Trinajstić information content (AvgIpc) is 2.35. The molecule has 20 heavy (non-hydrogen) atoms. The fourth-order valence-electron chi connectivity index (χ4n) is 1.81. The van der Waals surface area contributed by atoms with Crippen molar-refractivity contribution in [2.45, 2.75) is 33.2 Å². The maximum Gasteiger partial charge on any atom is 0.305 e. The van der Waals surface area contributed by atoms with E-state index in [2.05, 4.69) is 0 Å². The Hall–Kier alpha value is -1.55. The van der Waals surface area contributed by atoms with Crippen molar-refractivity contribution in [3.63, 3.8) is 0 Å². The minimum atomic E-state index is -0.900. The molecule has 1 aromatic rings. The van der Waals surface area contributed by atoms with Crippen LogP contribution in [0.3, 0.4) is 0 Å². The summed E-state index contributed by atoms with van der Waals surface area (Å²) < 4.78 is 0. The number of hydrogen-bond donors (Lipinski definition) is 1. The summed E-state index contributed by atoms with van der Waals surface area (Å²) in [7, 11) is 0. The summed E-state index contributed by atoms with van der Waals surface area (Å²) >= 11 is 5.82. The molecule has 0 aliphatic rings. The number of amides is 1. The van der Waals surface area contributed by atoms with Crippen molar-refractivity contribution in [3.8, 4) is 0 Å². The largest absolute Gasteiger partial charge is 0.481 e. The fourth-order valence-corrected chi connectivity index (χ4v) is 1.94. The van der Waals surface area contributed by atoms with Crippen LogP contribution in [0, 0.1) is 5.92 Å². The molecule has 0 atom stereocenters. The van der Waals surface area contributed by atoms with Gasteiger partial charge < -0.3 is 10.0 Å². The van der Waals surface area contributed by atoms with Crippen LogP contribution in [0.25, 0.3) is 0 Å². The Morgan fingerprint density at radius 1 is 1.25 bits per heavy atom. The van der Waals surface area contributed by atoms with Crippen LogP contribution in [0.5, 0.6) is 0 Å². The molecular weight excluding hydrogens is 278 g/mol. The van der Waals surface area contributed by atoms with Gasteiger partial charge in [0.2, 0.25) is 5.91 Å². The van der Waals surface area contributed by atoms with Gasteiger partial charge in [-0.1, -0.05) is 37.6 Å². The topological polar surface area (TPSA) is 57.6 Å². The van der Waals surface area contributed by atoms with E-state index < -0.39 is 5.97 Å². The maximum absolute atomic E-state index is 12.1. The van der Waals surface area contributed by atoms with Gasteiger partial charge in [0.25, 0.3) is 0 Å². The third-order valence-corrected chi connectivity index (χ3v) is 3.07. The summed E-state index contributed by atoms with van der Waals surface area (Å²) in [6.07, 6.45) is 0.380. The van der Waals surface area contributed by atoms with Gasteiger partial charge in [-0.3, -0.25) is 9.59 Å². The monoisotopic (exact) mass is 297 g/mol. The minimum absolute atomic E-state index is 0.0174. The molecule has 1 amide bonds. The molecule has 0 radical (unpaired) electrons. The smallest absolute Gasteiger partial charge is 0.305 e. The van der Waals surface area contributed by atoms with E-state index in [1.807, 2.05) is 26.0 Å². The first kappa shape index (κ1) is 16.5. The van der Waals surface area contributed by atoms with Crippen LogP contribution >= 0.6 is 11.6 Å². The molecule has 5 heteroatoms. The summed E-state index contributed by atoms with van der Waals surface area (Å²) in [5.74, 6) is -0.667. The third kappa shape index (κ3) is 6.06. The maximum atomic E-state index is 12.1. The molecule has 0 aromatic heterocycles. The summed E-state index contributed by atoms with van der Waals surface area (Å²) in [4.78, 5) is 24.4. The van der Waals surface area contributed by atoms with Crippen molar-refractivity contribution in [1.29, 1.82) is 0 Å². The molecule has 1 aromatic carbocycles. The minimum Gasteiger partial charge on any atom is -0.481 e. The number of halogens is 1. The van der Waals surface area contributed by atoms with Gasteiger partial charge in [0, 0.05) is 24.5 Å². The standard InChI is InChI=1S/C15H20ClNO3/c1-11(2)9-14(18)17(8-7-15(19)20)10-12-3-5-13(16)6-4-12/h3-6,11H,7-10H2,1-2H3,(H,19,20). The molecule has 0 saturated carbocycles. The van der Waals surface area contributed by atoms with Gasteiger partial charge in [0.05, 0.1) is 6.42 Å². The van der Waals surface area contributed by atoms with Crippen molar-refractivity contribution >= 4 is 23.5 Å². The second-order valence-electron chi connectivity index (χ2n) is 5.18. The number of carboxylic acid groups (broad SMARTS) is 1. The van der Waals surface area contributed by atoms with Crippen LogP contribution in [0.15, 0.2) is 24.3 Å². The van der Waals surface area contributed by atoms with Crippen molar-refractivity contribution < 1.29 is 14.7 Å². The van der Waals surface area contributed by atoms with Gasteiger partial charge in [0.1, 0.15) is 0 Å². The fraction of sp³-hybridized carbons (Fsp3) is 0.467. The summed E-state index contributed by atoms with van der Waals surface area (Å²) in [5, 5.41) is 9.41. The normalized spacial score (nSPS) is 10.6. The second kappa shape index (κ2) is 7.90. The summed E-state index contributed by atoms with van der Waals surface area (Å²) in [5.41, 5.74) is 0.942. The van der Waals surface area contributed by atoms with Gasteiger partial charge in [-0.25, -0.2) is 0 Å². The highest BCUT2D eigenvalue weighted by atomic mass is 35.5. The third-order valence-electron chi connectivity index (χ3n) is 2.82. The number of aliphatic carboxylic acids is 1. The van der Waals surface area contributed by atoms with Crippen molar-refractivity contribution in [2.75, 3.05) is 6.54 Å². The van der Waals surface area contributed by atoms with Crippen LogP contribution < -0.4 is 0 Å². The highest BCUT2D eigenvalue weighted by Crippen LogP contribution is 2.13. The van der Waals surface area contributed by atoms with Crippen molar-refractivity contribution in [1.82, 2.24) is 4.90 Å². The molecular formula is C15H20ClNO3. The van der Waals surface area contributed by atoms with Crippen molar-refractivity contribution in [3.05, 3.63) is 34.9 Å². The lowest BCUT2D eigenvalue weighted by atomic mass is 10.1. The molecule has 0 bridgehead atoms. The van der Waals surface area contributed by atoms with Crippen LogP contribution in [0.4, 0.5) is 0 Å². The molecule has 1 N–H and O–H groups in total. The molecule has 0 aliphatic carbocycles. The second-order valence-corrected chi connectivity index (χ2v) is 5.62. The lowest BCUT2D eigenvalue weighted by Crippen LogP contribution is -2.33. The first-order valence-corrected chi connectivity index (χ1v) is 7.00. The lowest BCUT2D eigenvalue weighted by Gasteiger charge is -2.23. The van der Waals surface area contributed by atoms with Gasteiger partial charge in [0.15, 0.2) is 0 Å². The van der Waals surface area contributed by atoms with Crippen LogP contribution in [0.1, 0.15) is 32.3 Å². The number of carbonyl (C=O) groups excluding carboxylic acids is 1. The number of carboxylic acids is 1. The van der Waals surface area contributed by atoms with Crippen LogP contribution in [0.2, 0.25) is 5.02 Å². The quantitative estimate of drug-likeness (QED) is 0.841. The van der Waals surface area contributed by atoms with Gasteiger partial charge >= 0.3 is 5.97 Å². The average molecular weight is 298 g/mol. The number of benzene rings is 1. The van der Waals surface area contributed by atoms with E-state index in [0.29, 0.717) is 18.0 Å². The van der Waals surface area contributed by atoms with E-state index in [9.17, 15) is 9.59 Å². The zero-order valence-corrected chi connectivity index (χ0v) is 12.6. The molecule has 0 unspecified atom stereocenters. The number of hydrogen-bond acceptors (Lipinski definition) is 2. The predicted octanol–water partition coefficient (Wildman–Crippen LogP) is 3.19. The number of nitrogens with zero attached hydrogens (tertiary/aromatic N) is 1. The molecule has 110 valence electrons. The highest BCUT2D eigenvalue weighted by molar-refractivity contribution is 6.30. The molecule has 0 aliphatic heterocycles. The van der Waals surface area contributed by atoms with Crippen molar-refractivity contribution in [2.24, 2.45) is 5.92 Å². The number of rotatable bonds is 7. The SMILES string of the molecule is CC(C)CC(=O)N(CCC(=O)O)Cc1ccc(Cl)cc1.